The number of phenolic OH excluding ortho intramolecular Hbond substituents is 1. The van der Waals surface area contributed by atoms with E-state index in [2.05, 4.69) is 10.2 Å². The Bertz CT molecular complexity index is 970. The summed E-state index contributed by atoms with van der Waals surface area (Å²) in [6.45, 7) is 2.11. The highest BCUT2D eigenvalue weighted by Gasteiger charge is 2.19. The van der Waals surface area contributed by atoms with E-state index in [0.717, 1.165) is 5.39 Å². The topological polar surface area (TPSA) is 97.3 Å². The summed E-state index contributed by atoms with van der Waals surface area (Å²) in [5.41, 5.74) is 0.0508. The molecule has 0 bridgehead atoms. The van der Waals surface area contributed by atoms with Gasteiger partial charge in [-0.15, -0.1) is 10.2 Å². The molecule has 7 nitrogen and oxygen atoms in total. The predicted molar refractivity (Wildman–Crippen MR) is 94.1 cm³/mol. The highest BCUT2D eigenvalue weighted by atomic mass is 16.6. The van der Waals surface area contributed by atoms with Crippen LogP contribution >= 0.6 is 0 Å². The second kappa shape index (κ2) is 6.96. The van der Waals surface area contributed by atoms with E-state index in [1.54, 1.807) is 25.1 Å². The Kier molecular flexibility index (Phi) is 4.56. The summed E-state index contributed by atoms with van der Waals surface area (Å²) in [5.74, 6) is 0.208. The summed E-state index contributed by atoms with van der Waals surface area (Å²) in [6.07, 6.45) is 0. The molecule has 0 aliphatic heterocycles. The number of phenols is 1. The number of hydrogen-bond donors (Lipinski definition) is 1. The van der Waals surface area contributed by atoms with Gasteiger partial charge in [0.2, 0.25) is 5.69 Å². The Labute approximate surface area is 143 Å². The van der Waals surface area contributed by atoms with Crippen molar-refractivity contribution in [1.82, 2.24) is 0 Å². The molecular formula is C18H15N3O4. The Hall–Kier alpha value is -3.48. The maximum Gasteiger partial charge on any atom is 0.300 e. The number of nitrogens with zero attached hydrogens (tertiary/aromatic N) is 3. The third-order valence-corrected chi connectivity index (χ3v) is 3.60. The molecule has 0 aromatic heterocycles. The van der Waals surface area contributed by atoms with E-state index >= 15 is 0 Å². The van der Waals surface area contributed by atoms with Gasteiger partial charge >= 0.3 is 5.69 Å². The van der Waals surface area contributed by atoms with Crippen molar-refractivity contribution in [2.45, 2.75) is 6.92 Å². The second-order valence-electron chi connectivity index (χ2n) is 5.17. The van der Waals surface area contributed by atoms with Crippen molar-refractivity contribution < 1.29 is 14.8 Å². The number of ether oxygens (including phenoxy) is 1. The van der Waals surface area contributed by atoms with Crippen molar-refractivity contribution in [1.29, 1.82) is 0 Å². The number of benzene rings is 3. The highest BCUT2D eigenvalue weighted by molar-refractivity contribution is 5.95. The predicted octanol–water partition coefficient (Wildman–Crippen LogP) is 5.27. The van der Waals surface area contributed by atoms with Gasteiger partial charge in [-0.05, 0) is 24.4 Å². The van der Waals surface area contributed by atoms with Gasteiger partial charge in [0, 0.05) is 11.5 Å². The van der Waals surface area contributed by atoms with E-state index < -0.39 is 4.92 Å². The Morgan fingerprint density at radius 3 is 2.56 bits per heavy atom. The molecule has 3 aromatic carbocycles. The maximum absolute atomic E-state index is 11.3. The van der Waals surface area contributed by atoms with E-state index in [0.29, 0.717) is 12.0 Å². The normalized spacial score (nSPS) is 11.1. The number of fused-ring (bicyclic) bond motifs is 1. The minimum absolute atomic E-state index is 0.0154. The number of azo groups is 1. The van der Waals surface area contributed by atoms with Crippen LogP contribution in [-0.4, -0.2) is 16.6 Å². The lowest BCUT2D eigenvalue weighted by Gasteiger charge is -2.07. The lowest BCUT2D eigenvalue weighted by Crippen LogP contribution is -1.94. The molecule has 0 spiro atoms. The van der Waals surface area contributed by atoms with Gasteiger partial charge in [0.05, 0.1) is 11.5 Å². The van der Waals surface area contributed by atoms with Gasteiger partial charge in [0.25, 0.3) is 0 Å². The molecule has 0 amide bonds. The number of nitro groups is 1. The summed E-state index contributed by atoms with van der Waals surface area (Å²) < 4.78 is 5.41. The summed E-state index contributed by atoms with van der Waals surface area (Å²) in [7, 11) is 0. The first-order valence-electron chi connectivity index (χ1n) is 7.64. The smallest absolute Gasteiger partial charge is 0.300 e. The SMILES string of the molecule is CCOc1cccc([N+](=O)[O-])c1N=Nc1c(O)ccc2ccccc12. The van der Waals surface area contributed by atoms with E-state index in [4.69, 9.17) is 4.74 Å². The minimum Gasteiger partial charge on any atom is -0.506 e. The van der Waals surface area contributed by atoms with Crippen molar-refractivity contribution in [2.75, 3.05) is 6.61 Å². The van der Waals surface area contributed by atoms with Gasteiger partial charge in [-0.1, -0.05) is 36.4 Å². The molecule has 126 valence electrons. The minimum atomic E-state index is -0.542. The summed E-state index contributed by atoms with van der Waals surface area (Å²) in [6, 6.07) is 15.1. The molecule has 0 aliphatic carbocycles. The third kappa shape index (κ3) is 3.25. The van der Waals surface area contributed by atoms with Crippen LogP contribution in [0.2, 0.25) is 0 Å². The standard InChI is InChI=1S/C18H15N3O4/c1-2-25-16-9-5-8-14(21(23)24)18(16)20-19-17-13-7-4-3-6-12(13)10-11-15(17)22/h3-11,22H,2H2,1H3. The van der Waals surface area contributed by atoms with Crippen LogP contribution in [0.3, 0.4) is 0 Å². The van der Waals surface area contributed by atoms with E-state index in [-0.39, 0.29) is 28.6 Å². The zero-order valence-corrected chi connectivity index (χ0v) is 13.4. The molecule has 3 aromatic rings. The molecule has 25 heavy (non-hydrogen) atoms. The molecule has 0 saturated heterocycles. The zero-order chi connectivity index (χ0) is 17.8. The number of nitro benzene ring substituents is 1. The van der Waals surface area contributed by atoms with Gasteiger partial charge in [0.1, 0.15) is 11.4 Å². The summed E-state index contributed by atoms with van der Waals surface area (Å²) >= 11 is 0. The van der Waals surface area contributed by atoms with Crippen molar-refractivity contribution in [3.05, 3.63) is 64.7 Å². The fourth-order valence-corrected chi connectivity index (χ4v) is 2.48. The average molecular weight is 337 g/mol. The Morgan fingerprint density at radius 1 is 1.04 bits per heavy atom. The zero-order valence-electron chi connectivity index (χ0n) is 13.4. The van der Waals surface area contributed by atoms with Crippen LogP contribution in [0.25, 0.3) is 10.8 Å². The molecule has 0 radical (unpaired) electrons. The molecule has 3 rings (SSSR count). The van der Waals surface area contributed by atoms with Crippen LogP contribution in [-0.2, 0) is 0 Å². The van der Waals surface area contributed by atoms with Crippen molar-refractivity contribution in [2.24, 2.45) is 10.2 Å². The average Bonchev–Trinajstić information content (AvgIpc) is 2.61. The Balaban J connectivity index is 2.15. The fraction of sp³-hybridized carbons (Fsp3) is 0.111. The van der Waals surface area contributed by atoms with Crippen LogP contribution in [0, 0.1) is 10.1 Å². The lowest BCUT2D eigenvalue weighted by molar-refractivity contribution is -0.384. The summed E-state index contributed by atoms with van der Waals surface area (Å²) in [5, 5.41) is 31.1. The molecule has 0 unspecified atom stereocenters. The molecule has 1 N–H and O–H groups in total. The molecule has 0 aliphatic rings. The molecule has 7 heteroatoms. The van der Waals surface area contributed by atoms with E-state index in [1.807, 2.05) is 18.2 Å². The van der Waals surface area contributed by atoms with Gasteiger partial charge in [0.15, 0.2) is 5.75 Å². The first-order chi connectivity index (χ1) is 12.1. The van der Waals surface area contributed by atoms with Crippen LogP contribution in [0.5, 0.6) is 11.5 Å². The largest absolute Gasteiger partial charge is 0.506 e. The van der Waals surface area contributed by atoms with Crippen molar-refractivity contribution in [3.8, 4) is 11.5 Å². The molecule has 0 heterocycles. The lowest BCUT2D eigenvalue weighted by atomic mass is 10.1. The van der Waals surface area contributed by atoms with Crippen molar-refractivity contribution in [3.63, 3.8) is 0 Å². The Morgan fingerprint density at radius 2 is 1.80 bits per heavy atom. The first kappa shape index (κ1) is 16.4. The molecule has 0 fully saturated rings. The quantitative estimate of drug-likeness (QED) is 0.389. The van der Waals surface area contributed by atoms with Gasteiger partial charge < -0.3 is 9.84 Å². The third-order valence-electron chi connectivity index (χ3n) is 3.60. The summed E-state index contributed by atoms with van der Waals surface area (Å²) in [4.78, 5) is 10.7. The number of rotatable bonds is 5. The number of aromatic hydroxyl groups is 1. The highest BCUT2D eigenvalue weighted by Crippen LogP contribution is 2.41. The van der Waals surface area contributed by atoms with Gasteiger partial charge in [-0.3, -0.25) is 10.1 Å². The molecule has 0 atom stereocenters. The number of hydrogen-bond acceptors (Lipinski definition) is 6. The van der Waals surface area contributed by atoms with Crippen LogP contribution < -0.4 is 4.74 Å². The first-order valence-corrected chi connectivity index (χ1v) is 7.64. The van der Waals surface area contributed by atoms with Crippen molar-refractivity contribution >= 4 is 27.8 Å². The molecular weight excluding hydrogens is 322 g/mol. The van der Waals surface area contributed by atoms with Crippen LogP contribution in [0.15, 0.2) is 64.8 Å². The van der Waals surface area contributed by atoms with Gasteiger partial charge in [-0.25, -0.2) is 0 Å². The monoisotopic (exact) mass is 337 g/mol. The fourth-order valence-electron chi connectivity index (χ4n) is 2.48. The van der Waals surface area contributed by atoms with E-state index in [9.17, 15) is 15.2 Å². The maximum atomic E-state index is 11.3. The van der Waals surface area contributed by atoms with Crippen LogP contribution in [0.4, 0.5) is 17.1 Å². The molecule has 0 saturated carbocycles. The van der Waals surface area contributed by atoms with Gasteiger partial charge in [-0.2, -0.15) is 0 Å². The van der Waals surface area contributed by atoms with Crippen LogP contribution in [0.1, 0.15) is 6.92 Å². The second-order valence-corrected chi connectivity index (χ2v) is 5.17. The van der Waals surface area contributed by atoms with E-state index in [1.165, 1.54) is 18.2 Å².